The fourth-order valence-corrected chi connectivity index (χ4v) is 2.70. The summed E-state index contributed by atoms with van der Waals surface area (Å²) < 4.78 is 0. The van der Waals surface area contributed by atoms with Gasteiger partial charge in [-0.25, -0.2) is 0 Å². The molecule has 1 unspecified atom stereocenters. The summed E-state index contributed by atoms with van der Waals surface area (Å²) in [6, 6.07) is 9.74. The molecule has 1 heterocycles. The third kappa shape index (κ3) is 3.12. The SMILES string of the molecule is Cc1cscc1C(=O)NCC(Cl)c1ccccc1. The summed E-state index contributed by atoms with van der Waals surface area (Å²) in [4.78, 5) is 11.9. The maximum absolute atomic E-state index is 11.9. The molecule has 18 heavy (non-hydrogen) atoms. The molecule has 0 saturated heterocycles. The second-order valence-corrected chi connectivity index (χ2v) is 5.33. The first-order valence-corrected chi connectivity index (χ1v) is 7.06. The van der Waals surface area contributed by atoms with Crippen LogP contribution in [0.15, 0.2) is 41.1 Å². The van der Waals surface area contributed by atoms with Gasteiger partial charge in [0.05, 0.1) is 10.9 Å². The van der Waals surface area contributed by atoms with Gasteiger partial charge in [-0.1, -0.05) is 30.3 Å². The van der Waals surface area contributed by atoms with E-state index in [9.17, 15) is 4.79 Å². The van der Waals surface area contributed by atoms with E-state index in [-0.39, 0.29) is 11.3 Å². The van der Waals surface area contributed by atoms with Crippen LogP contribution >= 0.6 is 22.9 Å². The van der Waals surface area contributed by atoms with Crippen molar-refractivity contribution in [3.05, 3.63) is 57.8 Å². The highest BCUT2D eigenvalue weighted by Gasteiger charge is 2.12. The van der Waals surface area contributed by atoms with Gasteiger partial charge in [-0.2, -0.15) is 11.3 Å². The largest absolute Gasteiger partial charge is 0.350 e. The molecule has 1 atom stereocenters. The molecular weight excluding hydrogens is 266 g/mol. The average molecular weight is 280 g/mol. The van der Waals surface area contributed by atoms with Crippen molar-refractivity contribution < 1.29 is 4.79 Å². The number of aryl methyl sites for hydroxylation is 1. The summed E-state index contributed by atoms with van der Waals surface area (Å²) >= 11 is 7.77. The summed E-state index contributed by atoms with van der Waals surface area (Å²) in [6.07, 6.45) is 0. The Hall–Kier alpha value is -1.32. The van der Waals surface area contributed by atoms with E-state index >= 15 is 0 Å². The number of benzene rings is 1. The molecule has 1 N–H and O–H groups in total. The van der Waals surface area contributed by atoms with Crippen LogP contribution in [0.1, 0.15) is 26.9 Å². The van der Waals surface area contributed by atoms with Gasteiger partial charge in [0.15, 0.2) is 0 Å². The van der Waals surface area contributed by atoms with Gasteiger partial charge >= 0.3 is 0 Å². The maximum Gasteiger partial charge on any atom is 0.252 e. The Morgan fingerprint density at radius 3 is 2.67 bits per heavy atom. The zero-order valence-corrected chi connectivity index (χ0v) is 11.6. The lowest BCUT2D eigenvalue weighted by Gasteiger charge is -2.11. The van der Waals surface area contributed by atoms with E-state index in [1.807, 2.05) is 48.0 Å². The van der Waals surface area contributed by atoms with Crippen LogP contribution < -0.4 is 5.32 Å². The summed E-state index contributed by atoms with van der Waals surface area (Å²) in [6.45, 7) is 2.36. The molecule has 0 fully saturated rings. The minimum atomic E-state index is -0.200. The molecule has 1 amide bonds. The standard InChI is InChI=1S/C14H14ClNOS/c1-10-8-18-9-12(10)14(17)16-7-13(15)11-5-3-2-4-6-11/h2-6,8-9,13H,7H2,1H3,(H,16,17). The Balaban J connectivity index is 1.93. The fourth-order valence-electron chi connectivity index (χ4n) is 1.65. The molecule has 1 aromatic carbocycles. The number of hydrogen-bond donors (Lipinski definition) is 1. The third-order valence-electron chi connectivity index (χ3n) is 2.70. The fraction of sp³-hybridized carbons (Fsp3) is 0.214. The molecule has 4 heteroatoms. The molecule has 2 nitrogen and oxygen atoms in total. The van der Waals surface area contributed by atoms with Gasteiger partial charge in [0.2, 0.25) is 0 Å². The molecular formula is C14H14ClNOS. The Kier molecular flexibility index (Phi) is 4.39. The highest BCUT2D eigenvalue weighted by atomic mass is 35.5. The molecule has 0 aliphatic rings. The number of hydrogen-bond acceptors (Lipinski definition) is 2. The van der Waals surface area contributed by atoms with Crippen LogP contribution in [0.5, 0.6) is 0 Å². The Bertz CT molecular complexity index is 524. The summed E-state index contributed by atoms with van der Waals surface area (Å²) in [5, 5.41) is 6.48. The van der Waals surface area contributed by atoms with Crippen LogP contribution in [0, 0.1) is 6.92 Å². The monoisotopic (exact) mass is 279 g/mol. The predicted octanol–water partition coefficient (Wildman–Crippen LogP) is 3.77. The van der Waals surface area contributed by atoms with Crippen molar-refractivity contribution in [3.8, 4) is 0 Å². The maximum atomic E-state index is 11.9. The molecule has 0 spiro atoms. The number of halogens is 1. The summed E-state index contributed by atoms with van der Waals surface area (Å²) in [7, 11) is 0. The van der Waals surface area contributed by atoms with Gasteiger partial charge in [0.1, 0.15) is 0 Å². The van der Waals surface area contributed by atoms with Gasteiger partial charge < -0.3 is 5.32 Å². The van der Waals surface area contributed by atoms with Crippen LogP contribution in [0.3, 0.4) is 0 Å². The zero-order valence-electron chi connectivity index (χ0n) is 10.0. The third-order valence-corrected chi connectivity index (χ3v) is 3.97. The highest BCUT2D eigenvalue weighted by molar-refractivity contribution is 7.08. The van der Waals surface area contributed by atoms with Crippen molar-refractivity contribution in [2.45, 2.75) is 12.3 Å². The smallest absolute Gasteiger partial charge is 0.252 e. The quantitative estimate of drug-likeness (QED) is 0.848. The van der Waals surface area contributed by atoms with E-state index in [0.717, 1.165) is 16.7 Å². The lowest BCUT2D eigenvalue weighted by atomic mass is 10.1. The minimum absolute atomic E-state index is 0.0599. The Morgan fingerprint density at radius 2 is 2.06 bits per heavy atom. The van der Waals surface area contributed by atoms with E-state index in [2.05, 4.69) is 5.32 Å². The molecule has 0 saturated carbocycles. The second kappa shape index (κ2) is 6.03. The van der Waals surface area contributed by atoms with E-state index in [1.54, 1.807) is 0 Å². The van der Waals surface area contributed by atoms with Gasteiger partial charge in [-0.3, -0.25) is 4.79 Å². The number of thiophene rings is 1. The van der Waals surface area contributed by atoms with Crippen molar-refractivity contribution in [3.63, 3.8) is 0 Å². The number of carbonyl (C=O) groups excluding carboxylic acids is 1. The topological polar surface area (TPSA) is 29.1 Å². The Morgan fingerprint density at radius 1 is 1.33 bits per heavy atom. The second-order valence-electron chi connectivity index (χ2n) is 4.06. The van der Waals surface area contributed by atoms with E-state index in [4.69, 9.17) is 11.6 Å². The van der Waals surface area contributed by atoms with Crippen LogP contribution in [-0.2, 0) is 0 Å². The van der Waals surface area contributed by atoms with Gasteiger partial charge in [0.25, 0.3) is 5.91 Å². The molecule has 0 radical (unpaired) electrons. The Labute approximate surface area is 116 Å². The molecule has 0 aliphatic carbocycles. The average Bonchev–Trinajstić information content (AvgIpc) is 2.83. The van der Waals surface area contributed by atoms with Crippen molar-refractivity contribution in [1.82, 2.24) is 5.32 Å². The van der Waals surface area contributed by atoms with E-state index in [0.29, 0.717) is 6.54 Å². The molecule has 2 rings (SSSR count). The predicted molar refractivity (Wildman–Crippen MR) is 76.4 cm³/mol. The van der Waals surface area contributed by atoms with Gasteiger partial charge in [-0.05, 0) is 23.4 Å². The van der Waals surface area contributed by atoms with Crippen molar-refractivity contribution >= 4 is 28.8 Å². The van der Waals surface area contributed by atoms with Crippen molar-refractivity contribution in [1.29, 1.82) is 0 Å². The number of amides is 1. The summed E-state index contributed by atoms with van der Waals surface area (Å²) in [5.74, 6) is -0.0599. The van der Waals surface area contributed by atoms with Crippen LogP contribution in [0.4, 0.5) is 0 Å². The lowest BCUT2D eigenvalue weighted by Crippen LogP contribution is -2.26. The normalized spacial score (nSPS) is 12.1. The molecule has 0 aliphatic heterocycles. The van der Waals surface area contributed by atoms with Crippen molar-refractivity contribution in [2.75, 3.05) is 6.54 Å². The first-order chi connectivity index (χ1) is 8.68. The minimum Gasteiger partial charge on any atom is -0.350 e. The highest BCUT2D eigenvalue weighted by Crippen LogP contribution is 2.19. The first kappa shape index (κ1) is 13.1. The lowest BCUT2D eigenvalue weighted by molar-refractivity contribution is 0.0953. The van der Waals surface area contributed by atoms with Gasteiger partial charge in [-0.15, -0.1) is 11.6 Å². The molecule has 0 bridgehead atoms. The van der Waals surface area contributed by atoms with Crippen molar-refractivity contribution in [2.24, 2.45) is 0 Å². The van der Waals surface area contributed by atoms with Crippen LogP contribution in [0.2, 0.25) is 0 Å². The molecule has 1 aromatic heterocycles. The number of nitrogens with one attached hydrogen (secondary N) is 1. The van der Waals surface area contributed by atoms with Gasteiger partial charge in [0, 0.05) is 11.9 Å². The van der Waals surface area contributed by atoms with Crippen LogP contribution in [0.25, 0.3) is 0 Å². The van der Waals surface area contributed by atoms with E-state index in [1.165, 1.54) is 11.3 Å². The number of rotatable bonds is 4. The number of carbonyl (C=O) groups is 1. The summed E-state index contributed by atoms with van der Waals surface area (Å²) in [5.41, 5.74) is 2.75. The van der Waals surface area contributed by atoms with Crippen LogP contribution in [-0.4, -0.2) is 12.5 Å². The zero-order chi connectivity index (χ0) is 13.0. The van der Waals surface area contributed by atoms with E-state index < -0.39 is 0 Å². The first-order valence-electron chi connectivity index (χ1n) is 5.68. The molecule has 2 aromatic rings. The number of alkyl halides is 1. The molecule has 94 valence electrons.